The third kappa shape index (κ3) is 24.1. The SMILES string of the molecule is [CH2]CCCCCCCCCCCCCC(CC)CCCCCCCCCCC[CH2]. The Kier molecular flexibility index (Phi) is 26.0. The molecule has 0 aromatic rings. The van der Waals surface area contributed by atoms with E-state index in [2.05, 4.69) is 20.8 Å². The first-order valence-electron chi connectivity index (χ1n) is 13.9. The molecule has 0 aliphatic rings. The maximum Gasteiger partial charge on any atom is -0.0417 e. The van der Waals surface area contributed by atoms with Gasteiger partial charge in [0.25, 0.3) is 0 Å². The van der Waals surface area contributed by atoms with Gasteiger partial charge in [0, 0.05) is 0 Å². The lowest BCUT2D eigenvalue weighted by atomic mass is 9.92. The minimum Gasteiger partial charge on any atom is -0.0651 e. The van der Waals surface area contributed by atoms with E-state index in [1.807, 2.05) is 0 Å². The fourth-order valence-electron chi connectivity index (χ4n) is 4.60. The van der Waals surface area contributed by atoms with Crippen molar-refractivity contribution in [2.45, 2.75) is 167 Å². The van der Waals surface area contributed by atoms with Gasteiger partial charge in [-0.05, 0) is 5.92 Å². The van der Waals surface area contributed by atoms with E-state index in [0.29, 0.717) is 0 Å². The van der Waals surface area contributed by atoms with Gasteiger partial charge in [-0.25, -0.2) is 0 Å². The zero-order valence-electron chi connectivity index (χ0n) is 20.7. The molecule has 0 bridgehead atoms. The summed E-state index contributed by atoms with van der Waals surface area (Å²) in [6.07, 6.45) is 35.6. The maximum absolute atomic E-state index is 3.92. The van der Waals surface area contributed by atoms with Crippen LogP contribution >= 0.6 is 0 Å². The first kappa shape index (κ1) is 29.0. The van der Waals surface area contributed by atoms with Crippen molar-refractivity contribution in [2.75, 3.05) is 0 Å². The highest BCUT2D eigenvalue weighted by Gasteiger charge is 2.06. The lowest BCUT2D eigenvalue weighted by Crippen LogP contribution is -1.99. The molecule has 0 spiro atoms. The molecule has 29 heavy (non-hydrogen) atoms. The van der Waals surface area contributed by atoms with Crippen LogP contribution in [0.25, 0.3) is 0 Å². The van der Waals surface area contributed by atoms with Crippen LogP contribution in [0.5, 0.6) is 0 Å². The Balaban J connectivity index is 3.27. The maximum atomic E-state index is 3.92. The summed E-state index contributed by atoms with van der Waals surface area (Å²) in [4.78, 5) is 0. The molecule has 0 aromatic heterocycles. The predicted octanol–water partition coefficient (Wildman–Crippen LogP) is 11.0. The van der Waals surface area contributed by atoms with E-state index in [1.54, 1.807) is 0 Å². The third-order valence-electron chi connectivity index (χ3n) is 6.80. The number of hydrogen-bond acceptors (Lipinski definition) is 0. The average Bonchev–Trinajstić information content (AvgIpc) is 2.74. The van der Waals surface area contributed by atoms with Crippen molar-refractivity contribution in [3.63, 3.8) is 0 Å². The lowest BCUT2D eigenvalue weighted by Gasteiger charge is -2.14. The molecule has 1 atom stereocenters. The molecule has 0 rings (SSSR count). The topological polar surface area (TPSA) is 0 Å². The van der Waals surface area contributed by atoms with Crippen LogP contribution in [-0.2, 0) is 0 Å². The molecular weight excluding hydrogens is 348 g/mol. The summed E-state index contributed by atoms with van der Waals surface area (Å²) < 4.78 is 0. The van der Waals surface area contributed by atoms with Crippen LogP contribution in [-0.4, -0.2) is 0 Å². The van der Waals surface area contributed by atoms with E-state index >= 15 is 0 Å². The first-order chi connectivity index (χ1) is 14.3. The summed E-state index contributed by atoms with van der Waals surface area (Å²) in [6, 6.07) is 0. The molecule has 0 amide bonds. The summed E-state index contributed by atoms with van der Waals surface area (Å²) in [6.45, 7) is 10.3. The molecule has 0 N–H and O–H groups in total. The monoisotopic (exact) mass is 406 g/mol. The average molecular weight is 407 g/mol. The molecule has 0 aliphatic heterocycles. The second kappa shape index (κ2) is 26.0. The van der Waals surface area contributed by atoms with Crippen molar-refractivity contribution in [1.82, 2.24) is 0 Å². The van der Waals surface area contributed by atoms with Gasteiger partial charge in [0.1, 0.15) is 0 Å². The minimum absolute atomic E-state index is 1.01. The van der Waals surface area contributed by atoms with E-state index < -0.39 is 0 Å². The van der Waals surface area contributed by atoms with Crippen molar-refractivity contribution in [2.24, 2.45) is 5.92 Å². The van der Waals surface area contributed by atoms with Crippen molar-refractivity contribution in [1.29, 1.82) is 0 Å². The van der Waals surface area contributed by atoms with Crippen LogP contribution in [0.4, 0.5) is 0 Å². The smallest absolute Gasteiger partial charge is 0.0417 e. The summed E-state index contributed by atoms with van der Waals surface area (Å²) in [5.74, 6) is 1.01. The van der Waals surface area contributed by atoms with E-state index in [-0.39, 0.29) is 0 Å². The Morgan fingerprint density at radius 3 is 0.862 bits per heavy atom. The normalized spacial score (nSPS) is 12.5. The molecule has 0 saturated heterocycles. The quantitative estimate of drug-likeness (QED) is 0.132. The predicted molar refractivity (Wildman–Crippen MR) is 135 cm³/mol. The molecule has 1 unspecified atom stereocenters. The van der Waals surface area contributed by atoms with Gasteiger partial charge >= 0.3 is 0 Å². The Morgan fingerprint density at radius 2 is 0.621 bits per heavy atom. The molecule has 0 aromatic carbocycles. The fraction of sp³-hybridized carbons (Fsp3) is 0.931. The van der Waals surface area contributed by atoms with Crippen LogP contribution in [0.3, 0.4) is 0 Å². The van der Waals surface area contributed by atoms with Gasteiger partial charge in [-0.3, -0.25) is 0 Å². The van der Waals surface area contributed by atoms with Crippen molar-refractivity contribution in [3.8, 4) is 0 Å². The van der Waals surface area contributed by atoms with Gasteiger partial charge in [0.2, 0.25) is 0 Å². The largest absolute Gasteiger partial charge is 0.0651 e. The van der Waals surface area contributed by atoms with Gasteiger partial charge < -0.3 is 0 Å². The zero-order chi connectivity index (χ0) is 21.3. The van der Waals surface area contributed by atoms with E-state index in [0.717, 1.165) is 18.8 Å². The van der Waals surface area contributed by atoms with Crippen molar-refractivity contribution < 1.29 is 0 Å². The number of rotatable bonds is 25. The highest BCUT2D eigenvalue weighted by Crippen LogP contribution is 2.22. The number of unbranched alkanes of at least 4 members (excludes halogenated alkanes) is 20. The van der Waals surface area contributed by atoms with Crippen LogP contribution in [0, 0.1) is 19.8 Å². The van der Waals surface area contributed by atoms with Crippen molar-refractivity contribution in [3.05, 3.63) is 13.8 Å². The van der Waals surface area contributed by atoms with Gasteiger partial charge in [-0.2, -0.15) is 0 Å². The molecule has 0 nitrogen and oxygen atoms in total. The molecule has 0 heteroatoms. The Bertz CT molecular complexity index is 269. The van der Waals surface area contributed by atoms with Crippen LogP contribution in [0.1, 0.15) is 167 Å². The Hall–Kier alpha value is 0. The molecule has 0 heterocycles. The Morgan fingerprint density at radius 1 is 0.379 bits per heavy atom. The summed E-state index contributed by atoms with van der Waals surface area (Å²) in [5.41, 5.74) is 0. The molecule has 174 valence electrons. The second-order valence-electron chi connectivity index (χ2n) is 9.63. The van der Waals surface area contributed by atoms with Gasteiger partial charge in [0.05, 0.1) is 0 Å². The van der Waals surface area contributed by atoms with Crippen LogP contribution < -0.4 is 0 Å². The summed E-state index contributed by atoms with van der Waals surface area (Å²) >= 11 is 0. The standard InChI is InChI=1S/C29H58/c1-4-7-9-11-13-15-17-18-20-22-24-26-28-29(6-3)27-25-23-21-19-16-14-12-10-8-5-2/h29H,1-2,4-28H2,3H3. The van der Waals surface area contributed by atoms with Crippen molar-refractivity contribution >= 4 is 0 Å². The van der Waals surface area contributed by atoms with Crippen LogP contribution in [0.2, 0.25) is 0 Å². The molecule has 0 fully saturated rings. The molecule has 0 saturated carbocycles. The minimum atomic E-state index is 1.01. The lowest BCUT2D eigenvalue weighted by molar-refractivity contribution is 0.392. The molecule has 0 aliphatic carbocycles. The third-order valence-corrected chi connectivity index (χ3v) is 6.80. The van der Waals surface area contributed by atoms with E-state index in [4.69, 9.17) is 0 Å². The Labute approximate surface area is 187 Å². The summed E-state index contributed by atoms with van der Waals surface area (Å²) in [5, 5.41) is 0. The summed E-state index contributed by atoms with van der Waals surface area (Å²) in [7, 11) is 0. The molecular formula is C29H58. The molecule has 2 radical (unpaired) electrons. The van der Waals surface area contributed by atoms with E-state index in [9.17, 15) is 0 Å². The van der Waals surface area contributed by atoms with Gasteiger partial charge in [0.15, 0.2) is 0 Å². The zero-order valence-corrected chi connectivity index (χ0v) is 20.7. The first-order valence-corrected chi connectivity index (χ1v) is 13.9. The van der Waals surface area contributed by atoms with E-state index in [1.165, 1.54) is 148 Å². The highest BCUT2D eigenvalue weighted by atomic mass is 14.1. The van der Waals surface area contributed by atoms with Gasteiger partial charge in [-0.1, -0.05) is 181 Å². The fourth-order valence-corrected chi connectivity index (χ4v) is 4.60. The highest BCUT2D eigenvalue weighted by molar-refractivity contribution is 4.59. The second-order valence-corrected chi connectivity index (χ2v) is 9.63. The van der Waals surface area contributed by atoms with Crippen LogP contribution in [0.15, 0.2) is 0 Å². The number of hydrogen-bond donors (Lipinski definition) is 0. The van der Waals surface area contributed by atoms with Gasteiger partial charge in [-0.15, -0.1) is 0 Å².